The Labute approximate surface area is 215 Å². The zero-order valence-electron chi connectivity index (χ0n) is 21.3. The second kappa shape index (κ2) is 10.1. The van der Waals surface area contributed by atoms with Crippen molar-refractivity contribution in [3.05, 3.63) is 59.7 Å². The Morgan fingerprint density at radius 2 is 2.00 bits per heavy atom. The van der Waals surface area contributed by atoms with E-state index in [-0.39, 0.29) is 0 Å². The van der Waals surface area contributed by atoms with Crippen molar-refractivity contribution in [2.24, 2.45) is 4.99 Å². The lowest BCUT2D eigenvalue weighted by Gasteiger charge is -2.34. The molecule has 3 heterocycles. The van der Waals surface area contributed by atoms with E-state index in [4.69, 9.17) is 4.74 Å². The summed E-state index contributed by atoms with van der Waals surface area (Å²) in [5.41, 5.74) is 5.24. The Bertz CT molecular complexity index is 1450. The van der Waals surface area contributed by atoms with Gasteiger partial charge in [-0.05, 0) is 67.3 Å². The van der Waals surface area contributed by atoms with Crippen molar-refractivity contribution in [1.82, 2.24) is 15.3 Å². The summed E-state index contributed by atoms with van der Waals surface area (Å²) in [4.78, 5) is 15.7. The number of thiophene rings is 1. The Hall–Kier alpha value is -3.65. The van der Waals surface area contributed by atoms with Crippen molar-refractivity contribution in [1.29, 1.82) is 0 Å². The van der Waals surface area contributed by atoms with E-state index in [1.165, 1.54) is 10.3 Å². The van der Waals surface area contributed by atoms with Crippen LogP contribution in [0, 0.1) is 6.92 Å². The topological polar surface area (TPSA) is 74.7 Å². The number of fused-ring (bicyclic) bond motifs is 2. The Morgan fingerprint density at radius 1 is 1.19 bits per heavy atom. The van der Waals surface area contributed by atoms with Crippen LogP contribution in [0.15, 0.2) is 53.6 Å². The number of anilines is 2. The smallest absolute Gasteiger partial charge is 0.150 e. The molecule has 2 aromatic carbocycles. The van der Waals surface area contributed by atoms with Gasteiger partial charge in [0, 0.05) is 48.5 Å². The van der Waals surface area contributed by atoms with Crippen molar-refractivity contribution < 1.29 is 4.74 Å². The quantitative estimate of drug-likeness (QED) is 0.256. The summed E-state index contributed by atoms with van der Waals surface area (Å²) in [7, 11) is 3.48. The highest BCUT2D eigenvalue weighted by molar-refractivity contribution is 7.18. The molecule has 1 aliphatic heterocycles. The Morgan fingerprint density at radius 3 is 2.75 bits per heavy atom. The molecule has 1 saturated heterocycles. The number of ether oxygens (including phenoxy) is 1. The van der Waals surface area contributed by atoms with E-state index in [9.17, 15) is 0 Å². The van der Waals surface area contributed by atoms with Crippen LogP contribution in [0.3, 0.4) is 0 Å². The van der Waals surface area contributed by atoms with E-state index in [1.54, 1.807) is 31.8 Å². The number of nitrogens with zero attached hydrogens (tertiary/aromatic N) is 4. The molecule has 5 rings (SSSR count). The number of aliphatic imine (C=N–C) groups is 1. The van der Waals surface area contributed by atoms with Crippen LogP contribution in [-0.2, 0) is 0 Å². The molecule has 4 aromatic rings. The first-order valence-electron chi connectivity index (χ1n) is 12.2. The summed E-state index contributed by atoms with van der Waals surface area (Å²) in [6, 6.07) is 10.9. The zero-order chi connectivity index (χ0) is 25.2. The van der Waals surface area contributed by atoms with Gasteiger partial charge in [0.05, 0.1) is 23.2 Å². The SMILES string of the molecule is C=C(NC(C)=NC)c1cc(NC2CCN(c3ncnc4c(C)csc34)CC2)c2cc(OC)ccc2c1. The third-order valence-corrected chi connectivity index (χ3v) is 7.93. The monoisotopic (exact) mass is 500 g/mol. The molecule has 0 atom stereocenters. The Kier molecular flexibility index (Phi) is 6.78. The van der Waals surface area contributed by atoms with Gasteiger partial charge in [0.2, 0.25) is 0 Å². The maximum Gasteiger partial charge on any atom is 0.150 e. The van der Waals surface area contributed by atoms with Crippen molar-refractivity contribution in [2.45, 2.75) is 32.7 Å². The fraction of sp³-hybridized carbons (Fsp3) is 0.321. The van der Waals surface area contributed by atoms with E-state index in [2.05, 4.69) is 73.6 Å². The number of rotatable bonds is 6. The molecule has 0 amide bonds. The van der Waals surface area contributed by atoms with Crippen LogP contribution in [0.1, 0.15) is 30.9 Å². The molecule has 1 fully saturated rings. The van der Waals surface area contributed by atoms with Crippen LogP contribution >= 0.6 is 11.3 Å². The third-order valence-electron chi connectivity index (χ3n) is 6.84. The van der Waals surface area contributed by atoms with E-state index in [1.807, 2.05) is 13.0 Å². The molecule has 0 bridgehead atoms. The van der Waals surface area contributed by atoms with Crippen LogP contribution in [-0.4, -0.2) is 49.1 Å². The van der Waals surface area contributed by atoms with Gasteiger partial charge in [0.25, 0.3) is 0 Å². The van der Waals surface area contributed by atoms with E-state index in [0.717, 1.165) is 76.6 Å². The first-order chi connectivity index (χ1) is 17.5. The number of hydrogen-bond acceptors (Lipinski definition) is 7. The summed E-state index contributed by atoms with van der Waals surface area (Å²) in [6.07, 6.45) is 3.73. The molecule has 8 heteroatoms. The first kappa shape index (κ1) is 24.1. The van der Waals surface area contributed by atoms with Gasteiger partial charge >= 0.3 is 0 Å². The molecule has 1 aliphatic rings. The number of aromatic nitrogens is 2. The summed E-state index contributed by atoms with van der Waals surface area (Å²) in [5.74, 6) is 2.73. The van der Waals surface area contributed by atoms with Gasteiger partial charge in [-0.1, -0.05) is 12.6 Å². The molecule has 7 nitrogen and oxygen atoms in total. The van der Waals surface area contributed by atoms with Crippen molar-refractivity contribution in [3.8, 4) is 5.75 Å². The fourth-order valence-corrected chi connectivity index (χ4v) is 5.76. The summed E-state index contributed by atoms with van der Waals surface area (Å²) >= 11 is 1.74. The molecule has 186 valence electrons. The molecular formula is C28H32N6OS. The van der Waals surface area contributed by atoms with Crippen molar-refractivity contribution in [3.63, 3.8) is 0 Å². The number of methoxy groups -OCH3 is 1. The van der Waals surface area contributed by atoms with Crippen LogP contribution in [0.4, 0.5) is 11.5 Å². The minimum absolute atomic E-state index is 0.355. The van der Waals surface area contributed by atoms with Crippen molar-refractivity contribution >= 4 is 55.4 Å². The number of benzene rings is 2. The standard InChI is InChI=1S/C28H32N6OS/c1-17-15-36-27-26(17)30-16-31-28(27)34-10-8-22(9-11-34)33-25-13-21(18(2)32-19(3)29-4)12-20-6-7-23(35-5)14-24(20)25/h6-7,12-16,22,33H,2,8-11H2,1,3-5H3,(H,29,32). The van der Waals surface area contributed by atoms with Gasteiger partial charge in [-0.25, -0.2) is 9.97 Å². The van der Waals surface area contributed by atoms with Gasteiger partial charge in [0.1, 0.15) is 17.9 Å². The number of amidine groups is 1. The number of aryl methyl sites for hydroxylation is 1. The molecule has 36 heavy (non-hydrogen) atoms. The predicted octanol–water partition coefficient (Wildman–Crippen LogP) is 5.85. The van der Waals surface area contributed by atoms with Crippen molar-refractivity contribution in [2.75, 3.05) is 37.5 Å². The van der Waals surface area contributed by atoms with Gasteiger partial charge < -0.3 is 20.3 Å². The lowest BCUT2D eigenvalue weighted by atomic mass is 10.00. The van der Waals surface area contributed by atoms with Crippen LogP contribution < -0.4 is 20.3 Å². The highest BCUT2D eigenvalue weighted by Crippen LogP contribution is 2.34. The van der Waals surface area contributed by atoms with E-state index >= 15 is 0 Å². The molecule has 0 unspecified atom stereocenters. The molecule has 2 N–H and O–H groups in total. The molecule has 0 saturated carbocycles. The fourth-order valence-electron chi connectivity index (χ4n) is 4.74. The largest absolute Gasteiger partial charge is 0.497 e. The normalized spacial score (nSPS) is 14.9. The highest BCUT2D eigenvalue weighted by atomic mass is 32.1. The lowest BCUT2D eigenvalue weighted by Crippen LogP contribution is -2.39. The minimum Gasteiger partial charge on any atom is -0.497 e. The van der Waals surface area contributed by atoms with E-state index < -0.39 is 0 Å². The summed E-state index contributed by atoms with van der Waals surface area (Å²) in [5, 5.41) is 11.6. The summed E-state index contributed by atoms with van der Waals surface area (Å²) < 4.78 is 6.71. The second-order valence-corrected chi connectivity index (χ2v) is 10.1. The number of piperidine rings is 1. The van der Waals surface area contributed by atoms with Crippen LogP contribution in [0.25, 0.3) is 26.7 Å². The molecule has 0 radical (unpaired) electrons. The molecule has 0 aliphatic carbocycles. The second-order valence-electron chi connectivity index (χ2n) is 9.22. The maximum atomic E-state index is 5.52. The zero-order valence-corrected chi connectivity index (χ0v) is 22.1. The highest BCUT2D eigenvalue weighted by Gasteiger charge is 2.23. The van der Waals surface area contributed by atoms with Gasteiger partial charge in [-0.2, -0.15) is 0 Å². The summed E-state index contributed by atoms with van der Waals surface area (Å²) in [6.45, 7) is 10.2. The molecule has 2 aromatic heterocycles. The first-order valence-corrected chi connectivity index (χ1v) is 13.1. The van der Waals surface area contributed by atoms with Gasteiger partial charge in [0.15, 0.2) is 0 Å². The molecule has 0 spiro atoms. The number of nitrogens with one attached hydrogen (secondary N) is 2. The Balaban J connectivity index is 1.38. The lowest BCUT2D eigenvalue weighted by molar-refractivity contribution is 0.415. The van der Waals surface area contributed by atoms with E-state index in [0.29, 0.717) is 6.04 Å². The minimum atomic E-state index is 0.355. The third kappa shape index (κ3) is 4.73. The number of hydrogen-bond donors (Lipinski definition) is 2. The van der Waals surface area contributed by atoms with Crippen LogP contribution in [0.5, 0.6) is 5.75 Å². The predicted molar refractivity (Wildman–Crippen MR) is 153 cm³/mol. The average Bonchev–Trinajstić information content (AvgIpc) is 3.29. The maximum absolute atomic E-state index is 5.52. The van der Waals surface area contributed by atoms with Gasteiger partial charge in [-0.15, -0.1) is 11.3 Å². The van der Waals surface area contributed by atoms with Gasteiger partial charge in [-0.3, -0.25) is 4.99 Å². The molecular weight excluding hydrogens is 468 g/mol. The van der Waals surface area contributed by atoms with Crippen LogP contribution in [0.2, 0.25) is 0 Å². The average molecular weight is 501 g/mol.